The van der Waals surface area contributed by atoms with Crippen LogP contribution in [0.2, 0.25) is 0 Å². The Balaban J connectivity index is 2.12. The fourth-order valence-electron chi connectivity index (χ4n) is 2.68. The molecule has 102 valence electrons. The highest BCUT2D eigenvalue weighted by molar-refractivity contribution is 6.01. The largest absolute Gasteiger partial charge is 0.497 e. The fourth-order valence-corrected chi connectivity index (χ4v) is 2.68. The normalized spacial score (nSPS) is 13.2. The molecule has 3 N–H and O–H groups in total. The number of para-hydroxylation sites is 1. The van der Waals surface area contributed by atoms with Gasteiger partial charge in [-0.2, -0.15) is 0 Å². The first-order valence-electron chi connectivity index (χ1n) is 6.58. The van der Waals surface area contributed by atoms with Crippen LogP contribution >= 0.6 is 0 Å². The van der Waals surface area contributed by atoms with Crippen molar-refractivity contribution in [2.45, 2.75) is 6.42 Å². The van der Waals surface area contributed by atoms with E-state index >= 15 is 0 Å². The van der Waals surface area contributed by atoms with E-state index in [9.17, 15) is 0 Å². The van der Waals surface area contributed by atoms with Crippen molar-refractivity contribution >= 4 is 17.2 Å². The molecule has 4 heteroatoms. The third-order valence-electron chi connectivity index (χ3n) is 3.67. The van der Waals surface area contributed by atoms with Gasteiger partial charge in [0.1, 0.15) is 11.6 Å². The van der Waals surface area contributed by atoms with E-state index in [0.29, 0.717) is 0 Å². The van der Waals surface area contributed by atoms with Crippen LogP contribution in [0.25, 0.3) is 0 Å². The van der Waals surface area contributed by atoms with E-state index in [1.807, 2.05) is 24.3 Å². The third kappa shape index (κ3) is 1.99. The molecular weight excluding hydrogens is 250 g/mol. The second-order valence-corrected chi connectivity index (χ2v) is 4.83. The first-order chi connectivity index (χ1) is 9.70. The first-order valence-corrected chi connectivity index (χ1v) is 6.58. The van der Waals surface area contributed by atoms with Crippen LogP contribution in [0.1, 0.15) is 11.1 Å². The van der Waals surface area contributed by atoms with Crippen LogP contribution in [0.15, 0.2) is 42.5 Å². The Morgan fingerprint density at radius 2 is 2.00 bits per heavy atom. The number of amidine groups is 1. The summed E-state index contributed by atoms with van der Waals surface area (Å²) in [5, 5.41) is 7.76. The predicted molar refractivity (Wildman–Crippen MR) is 81.2 cm³/mol. The fraction of sp³-hybridized carbons (Fsp3) is 0.188. The van der Waals surface area contributed by atoms with E-state index in [0.717, 1.165) is 30.0 Å². The molecule has 0 unspecified atom stereocenters. The molecule has 20 heavy (non-hydrogen) atoms. The van der Waals surface area contributed by atoms with Gasteiger partial charge in [-0.25, -0.2) is 0 Å². The second-order valence-electron chi connectivity index (χ2n) is 4.83. The summed E-state index contributed by atoms with van der Waals surface area (Å²) in [6.45, 7) is 0.896. The topological polar surface area (TPSA) is 62.3 Å². The van der Waals surface area contributed by atoms with Crippen molar-refractivity contribution in [1.82, 2.24) is 0 Å². The molecular formula is C16H17N3O. The summed E-state index contributed by atoms with van der Waals surface area (Å²) in [7, 11) is 1.64. The van der Waals surface area contributed by atoms with Gasteiger partial charge < -0.3 is 15.4 Å². The lowest BCUT2D eigenvalue weighted by Gasteiger charge is -2.23. The number of nitrogens with two attached hydrogens (primary N) is 1. The zero-order chi connectivity index (χ0) is 14.1. The third-order valence-corrected chi connectivity index (χ3v) is 3.67. The van der Waals surface area contributed by atoms with E-state index in [4.69, 9.17) is 15.9 Å². The Hall–Kier alpha value is -2.49. The van der Waals surface area contributed by atoms with Gasteiger partial charge in [0.15, 0.2) is 0 Å². The second kappa shape index (κ2) is 4.89. The van der Waals surface area contributed by atoms with E-state index in [1.165, 1.54) is 11.3 Å². The van der Waals surface area contributed by atoms with Crippen LogP contribution in [0.5, 0.6) is 5.75 Å². The maximum Gasteiger partial charge on any atom is 0.124 e. The lowest BCUT2D eigenvalue weighted by atomic mass is 10.1. The molecule has 0 saturated carbocycles. The van der Waals surface area contributed by atoms with Crippen molar-refractivity contribution in [3.63, 3.8) is 0 Å². The van der Waals surface area contributed by atoms with Gasteiger partial charge in [0.25, 0.3) is 0 Å². The number of benzene rings is 2. The number of hydrogen-bond acceptors (Lipinski definition) is 3. The van der Waals surface area contributed by atoms with Crippen LogP contribution in [0.3, 0.4) is 0 Å². The zero-order valence-corrected chi connectivity index (χ0v) is 11.4. The molecule has 1 aliphatic heterocycles. The van der Waals surface area contributed by atoms with E-state index in [2.05, 4.69) is 23.1 Å². The Morgan fingerprint density at radius 3 is 2.75 bits per heavy atom. The molecule has 2 aromatic rings. The number of nitrogens with one attached hydrogen (secondary N) is 1. The average Bonchev–Trinajstić information content (AvgIpc) is 2.90. The van der Waals surface area contributed by atoms with Gasteiger partial charge in [0, 0.05) is 23.9 Å². The van der Waals surface area contributed by atoms with Crippen molar-refractivity contribution in [3.8, 4) is 5.75 Å². The van der Waals surface area contributed by atoms with Gasteiger partial charge in [0.2, 0.25) is 0 Å². The van der Waals surface area contributed by atoms with Gasteiger partial charge in [0.05, 0.1) is 12.8 Å². The minimum Gasteiger partial charge on any atom is -0.497 e. The number of hydrogen-bond donors (Lipinski definition) is 2. The summed E-state index contributed by atoms with van der Waals surface area (Å²) < 4.78 is 5.30. The van der Waals surface area contributed by atoms with Gasteiger partial charge in [-0.05, 0) is 30.2 Å². The number of rotatable bonds is 3. The molecule has 0 aliphatic carbocycles. The van der Waals surface area contributed by atoms with Gasteiger partial charge in [-0.3, -0.25) is 5.41 Å². The van der Waals surface area contributed by atoms with Gasteiger partial charge >= 0.3 is 0 Å². The maximum absolute atomic E-state index is 7.76. The molecule has 0 aromatic heterocycles. The summed E-state index contributed by atoms with van der Waals surface area (Å²) in [6.07, 6.45) is 1.00. The highest BCUT2D eigenvalue weighted by atomic mass is 16.5. The molecule has 2 aromatic carbocycles. The van der Waals surface area contributed by atoms with E-state index < -0.39 is 0 Å². The molecule has 0 atom stereocenters. The molecule has 1 aliphatic rings. The summed E-state index contributed by atoms with van der Waals surface area (Å²) in [5.41, 5.74) is 9.89. The molecule has 0 amide bonds. The van der Waals surface area contributed by atoms with Crippen LogP contribution in [0.4, 0.5) is 11.4 Å². The van der Waals surface area contributed by atoms with Gasteiger partial charge in [-0.15, -0.1) is 0 Å². The lowest BCUT2D eigenvalue weighted by molar-refractivity contribution is 0.415. The molecule has 0 saturated heterocycles. The van der Waals surface area contributed by atoms with Crippen molar-refractivity contribution in [2.75, 3.05) is 18.6 Å². The van der Waals surface area contributed by atoms with Crippen molar-refractivity contribution in [1.29, 1.82) is 5.41 Å². The number of nitrogen functional groups attached to an aromatic ring is 1. The van der Waals surface area contributed by atoms with Gasteiger partial charge in [-0.1, -0.05) is 18.2 Å². The smallest absolute Gasteiger partial charge is 0.124 e. The molecule has 0 bridgehead atoms. The molecule has 0 spiro atoms. The number of anilines is 2. The first kappa shape index (κ1) is 12.5. The SMILES string of the molecule is COc1ccc(C(=N)N)c(N2CCc3ccccc32)c1. The minimum absolute atomic E-state index is 0.0760. The number of nitrogens with zero attached hydrogens (tertiary/aromatic N) is 1. The van der Waals surface area contributed by atoms with Crippen molar-refractivity contribution in [2.24, 2.45) is 5.73 Å². The van der Waals surface area contributed by atoms with Crippen LogP contribution in [-0.2, 0) is 6.42 Å². The maximum atomic E-state index is 7.76. The summed E-state index contributed by atoms with van der Waals surface area (Å²) >= 11 is 0. The number of fused-ring (bicyclic) bond motifs is 1. The quantitative estimate of drug-likeness (QED) is 0.664. The van der Waals surface area contributed by atoms with Crippen molar-refractivity contribution in [3.05, 3.63) is 53.6 Å². The van der Waals surface area contributed by atoms with Crippen LogP contribution in [0, 0.1) is 5.41 Å². The van der Waals surface area contributed by atoms with E-state index in [-0.39, 0.29) is 5.84 Å². The van der Waals surface area contributed by atoms with Crippen LogP contribution in [-0.4, -0.2) is 19.5 Å². The highest BCUT2D eigenvalue weighted by Gasteiger charge is 2.23. The van der Waals surface area contributed by atoms with Crippen LogP contribution < -0.4 is 15.4 Å². The molecule has 0 fully saturated rings. The Morgan fingerprint density at radius 1 is 1.20 bits per heavy atom. The molecule has 1 heterocycles. The highest BCUT2D eigenvalue weighted by Crippen LogP contribution is 2.37. The standard InChI is InChI=1S/C16H17N3O/c1-20-12-6-7-13(16(17)18)15(10-12)19-9-8-11-4-2-3-5-14(11)19/h2-7,10H,8-9H2,1H3,(H3,17,18). The monoisotopic (exact) mass is 267 g/mol. The summed E-state index contributed by atoms with van der Waals surface area (Å²) in [5.74, 6) is 0.849. The van der Waals surface area contributed by atoms with E-state index in [1.54, 1.807) is 7.11 Å². The number of ether oxygens (including phenoxy) is 1. The molecule has 0 radical (unpaired) electrons. The molecule has 3 rings (SSSR count). The Labute approximate surface area is 118 Å². The predicted octanol–water partition coefficient (Wildman–Crippen LogP) is 2.67. The summed E-state index contributed by atoms with van der Waals surface area (Å²) in [6, 6.07) is 14.0. The lowest BCUT2D eigenvalue weighted by Crippen LogP contribution is -2.20. The molecule has 4 nitrogen and oxygen atoms in total. The minimum atomic E-state index is 0.0760. The number of methoxy groups -OCH3 is 1. The van der Waals surface area contributed by atoms with Crippen molar-refractivity contribution < 1.29 is 4.74 Å². The Kier molecular flexibility index (Phi) is 3.06. The Bertz CT molecular complexity index is 667. The zero-order valence-electron chi connectivity index (χ0n) is 11.4. The summed E-state index contributed by atoms with van der Waals surface area (Å²) in [4.78, 5) is 2.20. The average molecular weight is 267 g/mol.